The van der Waals surface area contributed by atoms with Crippen LogP contribution < -0.4 is 5.90 Å². The van der Waals surface area contributed by atoms with Crippen LogP contribution in [0.2, 0.25) is 0 Å². The Balaban J connectivity index is 4.56. The lowest BCUT2D eigenvalue weighted by Gasteiger charge is -2.07. The molecular weight excluding hydrogens is 172 g/mol. The maximum atomic E-state index is 10.0. The zero-order valence-electron chi connectivity index (χ0n) is 4.04. The fourth-order valence-electron chi connectivity index (χ4n) is 0.0614. The molecule has 0 fully saturated rings. The van der Waals surface area contributed by atoms with Crippen molar-refractivity contribution < 1.29 is 28.4 Å². The molecule has 0 saturated heterocycles. The van der Waals surface area contributed by atoms with Crippen LogP contribution in [0.1, 0.15) is 0 Å². The van der Waals surface area contributed by atoms with Gasteiger partial charge in [-0.1, -0.05) is 0 Å². The summed E-state index contributed by atoms with van der Waals surface area (Å²) < 4.78 is 23.1. The summed E-state index contributed by atoms with van der Waals surface area (Å²) in [4.78, 5) is 24.0. The van der Waals surface area contributed by atoms with Crippen molar-refractivity contribution in [3.63, 3.8) is 0 Å². The molecule has 56 valence electrons. The number of nitrogens with two attached hydrogens (primary N) is 1. The van der Waals surface area contributed by atoms with Gasteiger partial charge in [0.1, 0.15) is 0 Å². The molecule has 5 N–H and O–H groups in total. The topological polar surface area (TPSA) is 130 Å². The molecular formula is H5NO6P2. The normalized spacial score (nSPS) is 19.1. The van der Waals surface area contributed by atoms with E-state index >= 15 is 0 Å². The molecule has 0 aliphatic carbocycles. The first-order valence-corrected chi connectivity index (χ1v) is 5.48. The smallest absolute Gasteiger partial charge is 0.316 e. The van der Waals surface area contributed by atoms with Gasteiger partial charge in [-0.3, -0.25) is 0 Å². The van der Waals surface area contributed by atoms with Crippen LogP contribution in [0.25, 0.3) is 0 Å². The lowest BCUT2D eigenvalue weighted by Crippen LogP contribution is -1.96. The fraction of sp³-hybridized carbons (Fsp3) is 0. The van der Waals surface area contributed by atoms with E-state index in [9.17, 15) is 9.13 Å². The van der Waals surface area contributed by atoms with Crippen LogP contribution in [-0.2, 0) is 13.8 Å². The number of rotatable bonds is 2. The minimum atomic E-state index is -5.10. The van der Waals surface area contributed by atoms with Crippen LogP contribution >= 0.6 is 14.6 Å². The third kappa shape index (κ3) is 2.15. The van der Waals surface area contributed by atoms with Crippen LogP contribution in [0.15, 0.2) is 0 Å². The molecule has 0 heterocycles. The molecule has 0 rings (SSSR count). The number of hydrogen-bond acceptors (Lipinski definition) is 4. The predicted molar refractivity (Wildman–Crippen MR) is 27.1 cm³/mol. The molecule has 7 nitrogen and oxygen atoms in total. The minimum absolute atomic E-state index is 3.15. The second kappa shape index (κ2) is 2.48. The van der Waals surface area contributed by atoms with E-state index in [2.05, 4.69) is 10.5 Å². The summed E-state index contributed by atoms with van der Waals surface area (Å²) in [5.74, 6) is 4.09. The molecule has 0 radical (unpaired) electrons. The summed E-state index contributed by atoms with van der Waals surface area (Å²) in [6, 6.07) is 0. The molecule has 0 amide bonds. The zero-order chi connectivity index (χ0) is 7.71. The Bertz CT molecular complexity index is 177. The van der Waals surface area contributed by atoms with Crippen molar-refractivity contribution in [3.8, 4) is 0 Å². The second-order valence-electron chi connectivity index (χ2n) is 1.11. The van der Waals surface area contributed by atoms with Gasteiger partial charge in [0.2, 0.25) is 0 Å². The Hall–Kier alpha value is 0.260. The van der Waals surface area contributed by atoms with Crippen LogP contribution in [0.3, 0.4) is 0 Å². The first-order chi connectivity index (χ1) is 3.81. The van der Waals surface area contributed by atoms with E-state index in [4.69, 9.17) is 14.7 Å². The third-order valence-corrected chi connectivity index (χ3v) is 3.66. The van der Waals surface area contributed by atoms with E-state index in [1.807, 2.05) is 0 Å². The average Bonchev–Trinajstić information content (AvgIpc) is 1.64. The molecule has 0 aliphatic rings. The van der Waals surface area contributed by atoms with Crippen molar-refractivity contribution in [1.82, 2.24) is 0 Å². The average molecular weight is 177 g/mol. The van der Waals surface area contributed by atoms with Gasteiger partial charge in [-0.2, -0.15) is 0 Å². The summed E-state index contributed by atoms with van der Waals surface area (Å²) >= 11 is 0. The van der Waals surface area contributed by atoms with Crippen molar-refractivity contribution in [3.05, 3.63) is 0 Å². The van der Waals surface area contributed by atoms with Gasteiger partial charge >= 0.3 is 14.6 Å². The Morgan fingerprint density at radius 1 is 1.22 bits per heavy atom. The molecule has 1 unspecified atom stereocenters. The van der Waals surface area contributed by atoms with Gasteiger partial charge in [0.15, 0.2) is 0 Å². The molecule has 1 atom stereocenters. The minimum Gasteiger partial charge on any atom is -0.316 e. The van der Waals surface area contributed by atoms with Crippen molar-refractivity contribution in [2.75, 3.05) is 0 Å². The summed E-state index contributed by atoms with van der Waals surface area (Å²) in [6.45, 7) is 0. The Morgan fingerprint density at radius 3 is 1.56 bits per heavy atom. The van der Waals surface area contributed by atoms with Gasteiger partial charge in [-0.05, 0) is 0 Å². The highest BCUT2D eigenvalue weighted by molar-refractivity contribution is 8.26. The maximum absolute atomic E-state index is 10.0. The third-order valence-electron chi connectivity index (χ3n) is 0.467. The molecule has 0 aliphatic heterocycles. The van der Waals surface area contributed by atoms with Gasteiger partial charge in [-0.25, -0.2) is 19.7 Å². The van der Waals surface area contributed by atoms with Gasteiger partial charge in [-0.15, -0.1) is 0 Å². The second-order valence-corrected chi connectivity index (χ2v) is 6.41. The van der Waals surface area contributed by atoms with Gasteiger partial charge in [0.05, 0.1) is 0 Å². The van der Waals surface area contributed by atoms with Gasteiger partial charge in [0, 0.05) is 0 Å². The van der Waals surface area contributed by atoms with Crippen molar-refractivity contribution in [2.24, 2.45) is 5.90 Å². The van der Waals surface area contributed by atoms with E-state index in [0.717, 1.165) is 0 Å². The standard InChI is InChI=1S/H5NO6P2/c1-7-9(5,6)8(2,3)4/h1H2,(H,5,6)(H2,2,3,4). The van der Waals surface area contributed by atoms with Crippen LogP contribution in [0.5, 0.6) is 0 Å². The SMILES string of the molecule is NOP(=O)(O)P(=O)(O)O. The van der Waals surface area contributed by atoms with Gasteiger partial charge < -0.3 is 14.7 Å². The summed E-state index contributed by atoms with van der Waals surface area (Å²) in [5.41, 5.74) is 0. The van der Waals surface area contributed by atoms with Gasteiger partial charge in [0.25, 0.3) is 0 Å². The molecule has 9 heavy (non-hydrogen) atoms. The van der Waals surface area contributed by atoms with Crippen molar-refractivity contribution >= 4 is 14.6 Å². The van der Waals surface area contributed by atoms with E-state index in [1.165, 1.54) is 0 Å². The Labute approximate surface area is 50.0 Å². The van der Waals surface area contributed by atoms with E-state index < -0.39 is 14.6 Å². The molecule has 0 aromatic carbocycles. The largest absolute Gasteiger partial charge is 0.454 e. The highest BCUT2D eigenvalue weighted by Crippen LogP contribution is 2.73. The monoisotopic (exact) mass is 177 g/mol. The number of hydrogen-bond donors (Lipinski definition) is 4. The van der Waals surface area contributed by atoms with E-state index in [1.54, 1.807) is 0 Å². The first kappa shape index (κ1) is 9.26. The molecule has 0 aromatic rings. The quantitative estimate of drug-likeness (QED) is 0.319. The summed E-state index contributed by atoms with van der Waals surface area (Å²) in [5, 5.41) is 0. The lowest BCUT2D eigenvalue weighted by atomic mass is 13.6. The molecule has 9 heteroatoms. The molecule has 0 bridgehead atoms. The highest BCUT2D eigenvalue weighted by Gasteiger charge is 2.41. The molecule has 0 spiro atoms. The summed E-state index contributed by atoms with van der Waals surface area (Å²) in [6.07, 6.45) is 0. The summed E-state index contributed by atoms with van der Waals surface area (Å²) in [7, 11) is -10.0. The van der Waals surface area contributed by atoms with Crippen LogP contribution in [-0.4, -0.2) is 14.7 Å². The first-order valence-electron chi connectivity index (χ1n) is 1.58. The van der Waals surface area contributed by atoms with Crippen molar-refractivity contribution in [1.29, 1.82) is 0 Å². The van der Waals surface area contributed by atoms with Crippen LogP contribution in [0, 0.1) is 0 Å². The Morgan fingerprint density at radius 2 is 1.56 bits per heavy atom. The fourth-order valence-corrected chi connectivity index (χ4v) is 0.553. The molecule has 0 aromatic heterocycles. The maximum Gasteiger partial charge on any atom is 0.454 e. The molecule has 0 saturated carbocycles. The Kier molecular flexibility index (Phi) is 2.55. The van der Waals surface area contributed by atoms with Crippen LogP contribution in [0.4, 0.5) is 0 Å². The zero-order valence-corrected chi connectivity index (χ0v) is 5.83. The lowest BCUT2D eigenvalue weighted by molar-refractivity contribution is 0.266. The van der Waals surface area contributed by atoms with Crippen molar-refractivity contribution in [2.45, 2.75) is 0 Å². The highest BCUT2D eigenvalue weighted by atomic mass is 32.1. The predicted octanol–water partition coefficient (Wildman–Crippen LogP) is -0.845. The van der Waals surface area contributed by atoms with E-state index in [0.29, 0.717) is 0 Å². The van der Waals surface area contributed by atoms with E-state index in [-0.39, 0.29) is 0 Å².